The SMILES string of the molecule is Cn1ccc(-c2cc(Oc3ccccc3)cc3[nH]c(CO)cc23)n1. The van der Waals surface area contributed by atoms with Gasteiger partial charge in [0.05, 0.1) is 17.8 Å². The highest BCUT2D eigenvalue weighted by Gasteiger charge is 2.13. The Hall–Kier alpha value is -3.05. The van der Waals surface area contributed by atoms with Gasteiger partial charge in [0.15, 0.2) is 0 Å². The summed E-state index contributed by atoms with van der Waals surface area (Å²) in [5, 5.41) is 14.9. The monoisotopic (exact) mass is 319 g/mol. The minimum Gasteiger partial charge on any atom is -0.457 e. The molecule has 0 bridgehead atoms. The van der Waals surface area contributed by atoms with E-state index in [-0.39, 0.29) is 6.61 Å². The van der Waals surface area contributed by atoms with Crippen molar-refractivity contribution in [3.05, 3.63) is 66.5 Å². The molecule has 0 saturated heterocycles. The standard InChI is InChI=1S/C19H17N3O2/c1-22-8-7-18(21-22)17-10-15(24-14-5-3-2-4-6-14)11-19-16(17)9-13(12-23)20-19/h2-11,20,23H,12H2,1H3. The van der Waals surface area contributed by atoms with E-state index in [4.69, 9.17) is 4.74 Å². The Morgan fingerprint density at radius 2 is 1.92 bits per heavy atom. The third kappa shape index (κ3) is 2.66. The van der Waals surface area contributed by atoms with Gasteiger partial charge in [-0.2, -0.15) is 5.10 Å². The predicted octanol–water partition coefficient (Wildman–Crippen LogP) is 3.85. The van der Waals surface area contributed by atoms with Gasteiger partial charge in [-0.3, -0.25) is 4.68 Å². The first-order valence-electron chi connectivity index (χ1n) is 7.72. The van der Waals surface area contributed by atoms with Crippen molar-refractivity contribution < 1.29 is 9.84 Å². The van der Waals surface area contributed by atoms with E-state index in [1.165, 1.54) is 0 Å². The topological polar surface area (TPSA) is 63.1 Å². The molecule has 0 spiro atoms. The first-order valence-corrected chi connectivity index (χ1v) is 7.72. The molecular formula is C19H17N3O2. The molecule has 2 N–H and O–H groups in total. The second kappa shape index (κ2) is 5.86. The normalized spacial score (nSPS) is 11.1. The molecule has 0 aliphatic carbocycles. The van der Waals surface area contributed by atoms with E-state index in [9.17, 15) is 5.11 Å². The van der Waals surface area contributed by atoms with Gasteiger partial charge in [-0.1, -0.05) is 18.2 Å². The second-order valence-electron chi connectivity index (χ2n) is 5.67. The van der Waals surface area contributed by atoms with Gasteiger partial charge in [0.25, 0.3) is 0 Å². The molecule has 2 heterocycles. The van der Waals surface area contributed by atoms with Crippen molar-refractivity contribution in [3.63, 3.8) is 0 Å². The molecule has 0 radical (unpaired) electrons. The first-order chi connectivity index (χ1) is 11.7. The van der Waals surface area contributed by atoms with Gasteiger partial charge in [0.1, 0.15) is 11.5 Å². The number of ether oxygens (including phenoxy) is 1. The highest BCUT2D eigenvalue weighted by Crippen LogP contribution is 2.34. The molecule has 5 heteroatoms. The number of hydrogen-bond donors (Lipinski definition) is 2. The molecular weight excluding hydrogens is 302 g/mol. The van der Waals surface area contributed by atoms with Crippen LogP contribution in [-0.2, 0) is 13.7 Å². The van der Waals surface area contributed by atoms with Crippen LogP contribution in [0.25, 0.3) is 22.2 Å². The minimum absolute atomic E-state index is 0.0365. The maximum atomic E-state index is 9.43. The number of aliphatic hydroxyl groups excluding tert-OH is 1. The number of benzene rings is 2. The van der Waals surface area contributed by atoms with Gasteiger partial charge in [0.2, 0.25) is 0 Å². The maximum absolute atomic E-state index is 9.43. The highest BCUT2D eigenvalue weighted by atomic mass is 16.5. The summed E-state index contributed by atoms with van der Waals surface area (Å²) in [4.78, 5) is 3.22. The number of aryl methyl sites for hydroxylation is 1. The zero-order valence-corrected chi connectivity index (χ0v) is 13.2. The number of fused-ring (bicyclic) bond motifs is 1. The predicted molar refractivity (Wildman–Crippen MR) is 92.9 cm³/mol. The summed E-state index contributed by atoms with van der Waals surface area (Å²) in [6, 6.07) is 17.5. The van der Waals surface area contributed by atoms with Crippen molar-refractivity contribution in [2.45, 2.75) is 6.61 Å². The lowest BCUT2D eigenvalue weighted by Gasteiger charge is -2.08. The lowest BCUT2D eigenvalue weighted by molar-refractivity contribution is 0.278. The van der Waals surface area contributed by atoms with Crippen LogP contribution in [0, 0.1) is 0 Å². The lowest BCUT2D eigenvalue weighted by atomic mass is 10.1. The van der Waals surface area contributed by atoms with Gasteiger partial charge in [-0.05, 0) is 30.3 Å². The molecule has 24 heavy (non-hydrogen) atoms. The molecule has 2 aromatic carbocycles. The number of aliphatic hydroxyl groups is 1. The van der Waals surface area contributed by atoms with Gasteiger partial charge in [0, 0.05) is 36.0 Å². The van der Waals surface area contributed by atoms with E-state index in [1.54, 1.807) is 4.68 Å². The maximum Gasteiger partial charge on any atom is 0.130 e. The summed E-state index contributed by atoms with van der Waals surface area (Å²) < 4.78 is 7.75. The van der Waals surface area contributed by atoms with Crippen molar-refractivity contribution in [2.24, 2.45) is 7.05 Å². The molecule has 0 saturated carbocycles. The summed E-state index contributed by atoms with van der Waals surface area (Å²) in [5.41, 5.74) is 3.51. The number of para-hydroxylation sites is 1. The number of H-pyrrole nitrogens is 1. The summed E-state index contributed by atoms with van der Waals surface area (Å²) in [5.74, 6) is 1.50. The molecule has 0 fully saturated rings. The number of aromatic nitrogens is 3. The van der Waals surface area contributed by atoms with E-state index < -0.39 is 0 Å². The van der Waals surface area contributed by atoms with Gasteiger partial charge >= 0.3 is 0 Å². The van der Waals surface area contributed by atoms with E-state index in [2.05, 4.69) is 10.1 Å². The molecule has 0 aliphatic heterocycles. The number of aromatic amines is 1. The quantitative estimate of drug-likeness (QED) is 0.600. The van der Waals surface area contributed by atoms with Gasteiger partial charge in [-0.15, -0.1) is 0 Å². The first kappa shape index (κ1) is 14.5. The fraction of sp³-hybridized carbons (Fsp3) is 0.105. The Kier molecular flexibility index (Phi) is 3.55. The third-order valence-electron chi connectivity index (χ3n) is 3.91. The van der Waals surface area contributed by atoms with Crippen LogP contribution >= 0.6 is 0 Å². The van der Waals surface area contributed by atoms with Crippen LogP contribution in [-0.4, -0.2) is 19.9 Å². The summed E-state index contributed by atoms with van der Waals surface area (Å²) >= 11 is 0. The van der Waals surface area contributed by atoms with Crippen LogP contribution < -0.4 is 4.74 Å². The molecule has 0 unspecified atom stereocenters. The zero-order chi connectivity index (χ0) is 16.5. The van der Waals surface area contributed by atoms with E-state index in [0.29, 0.717) is 0 Å². The summed E-state index contributed by atoms with van der Waals surface area (Å²) in [6.07, 6.45) is 1.91. The lowest BCUT2D eigenvalue weighted by Crippen LogP contribution is -1.90. The van der Waals surface area contributed by atoms with Crippen LogP contribution in [0.1, 0.15) is 5.69 Å². The third-order valence-corrected chi connectivity index (χ3v) is 3.91. The van der Waals surface area contributed by atoms with Crippen molar-refractivity contribution in [2.75, 3.05) is 0 Å². The van der Waals surface area contributed by atoms with Crippen LogP contribution in [0.15, 0.2) is 60.8 Å². The smallest absolute Gasteiger partial charge is 0.130 e. The molecule has 4 aromatic rings. The average Bonchev–Trinajstić information content (AvgIpc) is 3.21. The number of hydrogen-bond acceptors (Lipinski definition) is 3. The molecule has 4 rings (SSSR count). The van der Waals surface area contributed by atoms with E-state index in [1.807, 2.05) is 67.8 Å². The fourth-order valence-electron chi connectivity index (χ4n) is 2.81. The Labute approximate surface area is 139 Å². The zero-order valence-electron chi connectivity index (χ0n) is 13.2. The number of rotatable bonds is 4. The van der Waals surface area contributed by atoms with Crippen LogP contribution in [0.3, 0.4) is 0 Å². The van der Waals surface area contributed by atoms with Crippen molar-refractivity contribution in [3.8, 4) is 22.8 Å². The van der Waals surface area contributed by atoms with Crippen LogP contribution in [0.5, 0.6) is 11.5 Å². The molecule has 2 aromatic heterocycles. The fourth-order valence-corrected chi connectivity index (χ4v) is 2.81. The van der Waals surface area contributed by atoms with Crippen molar-refractivity contribution in [1.29, 1.82) is 0 Å². The summed E-state index contributed by atoms with van der Waals surface area (Å²) in [7, 11) is 1.89. The van der Waals surface area contributed by atoms with E-state index >= 15 is 0 Å². The molecule has 0 atom stereocenters. The van der Waals surface area contributed by atoms with E-state index in [0.717, 1.165) is 39.4 Å². The number of nitrogens with zero attached hydrogens (tertiary/aromatic N) is 2. The summed E-state index contributed by atoms with van der Waals surface area (Å²) in [6.45, 7) is -0.0365. The van der Waals surface area contributed by atoms with Gasteiger partial charge in [-0.25, -0.2) is 0 Å². The van der Waals surface area contributed by atoms with Crippen molar-refractivity contribution >= 4 is 10.9 Å². The average molecular weight is 319 g/mol. The largest absolute Gasteiger partial charge is 0.457 e. The Morgan fingerprint density at radius 1 is 1.08 bits per heavy atom. The molecule has 0 amide bonds. The molecule has 5 nitrogen and oxygen atoms in total. The minimum atomic E-state index is -0.0365. The van der Waals surface area contributed by atoms with Crippen LogP contribution in [0.4, 0.5) is 0 Å². The number of nitrogens with one attached hydrogen (secondary N) is 1. The van der Waals surface area contributed by atoms with Gasteiger partial charge < -0.3 is 14.8 Å². The Morgan fingerprint density at radius 3 is 2.62 bits per heavy atom. The highest BCUT2D eigenvalue weighted by molar-refractivity contribution is 5.96. The molecule has 120 valence electrons. The van der Waals surface area contributed by atoms with Crippen molar-refractivity contribution in [1.82, 2.24) is 14.8 Å². The Bertz CT molecular complexity index is 986. The Balaban J connectivity index is 1.86. The second-order valence-corrected chi connectivity index (χ2v) is 5.67. The van der Waals surface area contributed by atoms with Crippen LogP contribution in [0.2, 0.25) is 0 Å². The molecule has 0 aliphatic rings.